The summed E-state index contributed by atoms with van der Waals surface area (Å²) >= 11 is 0. The van der Waals surface area contributed by atoms with Crippen LogP contribution in [0.15, 0.2) is 54.6 Å². The lowest BCUT2D eigenvalue weighted by Gasteiger charge is -2.18. The topological polar surface area (TPSA) is 112 Å². The van der Waals surface area contributed by atoms with Crippen LogP contribution in [0.1, 0.15) is 11.6 Å². The van der Waals surface area contributed by atoms with Gasteiger partial charge in [0.05, 0.1) is 26.4 Å². The maximum absolute atomic E-state index is 12.4. The van der Waals surface area contributed by atoms with Gasteiger partial charge in [-0.25, -0.2) is 9.48 Å². The summed E-state index contributed by atoms with van der Waals surface area (Å²) in [4.78, 5) is 12.4. The van der Waals surface area contributed by atoms with Crippen molar-refractivity contribution < 1.29 is 19.0 Å². The van der Waals surface area contributed by atoms with Crippen molar-refractivity contribution in [2.24, 2.45) is 0 Å². The van der Waals surface area contributed by atoms with E-state index in [1.165, 1.54) is 0 Å². The molecule has 5 rings (SSSR count). The molecule has 2 fully saturated rings. The standard InChI is InChI=1S/C22H24N6O4/c1-30-16-9-5-8-15(10-16)21-25-26-27-28(21)18-13-32-19-17(12-31-20(18)19)24-22(29)23-11-14-6-3-2-4-7-14/h2-10,17-20H,11-13H2,1H3,(H2,23,24,29)/t17-,18-,19+,20+/m0/s1. The molecule has 2 saturated heterocycles. The van der Waals surface area contributed by atoms with Gasteiger partial charge in [-0.05, 0) is 28.1 Å². The first-order chi connectivity index (χ1) is 15.7. The molecule has 2 aliphatic rings. The van der Waals surface area contributed by atoms with Crippen LogP contribution in [-0.2, 0) is 16.0 Å². The van der Waals surface area contributed by atoms with Gasteiger partial charge < -0.3 is 24.8 Å². The van der Waals surface area contributed by atoms with E-state index in [4.69, 9.17) is 14.2 Å². The number of carbonyl (C=O) groups is 1. The molecule has 2 aliphatic heterocycles. The Kier molecular flexibility index (Phi) is 5.70. The molecular formula is C22H24N6O4. The number of nitrogens with one attached hydrogen (secondary N) is 2. The van der Waals surface area contributed by atoms with Gasteiger partial charge in [-0.2, -0.15) is 0 Å². The van der Waals surface area contributed by atoms with Crippen LogP contribution in [0, 0.1) is 0 Å². The van der Waals surface area contributed by atoms with Crippen LogP contribution in [0.3, 0.4) is 0 Å². The lowest BCUT2D eigenvalue weighted by Crippen LogP contribution is -2.48. The largest absolute Gasteiger partial charge is 0.497 e. The molecule has 10 nitrogen and oxygen atoms in total. The van der Waals surface area contributed by atoms with Gasteiger partial charge in [-0.3, -0.25) is 0 Å². The molecule has 0 unspecified atom stereocenters. The Morgan fingerprint density at radius 3 is 2.81 bits per heavy atom. The fraction of sp³-hybridized carbons (Fsp3) is 0.364. The van der Waals surface area contributed by atoms with E-state index in [2.05, 4.69) is 26.2 Å². The average molecular weight is 436 g/mol. The second-order valence-corrected chi connectivity index (χ2v) is 7.76. The number of rotatable bonds is 6. The number of ether oxygens (including phenoxy) is 3. The number of fused-ring (bicyclic) bond motifs is 1. The number of aromatic nitrogens is 4. The van der Waals surface area contributed by atoms with Crippen molar-refractivity contribution in [3.63, 3.8) is 0 Å². The minimum Gasteiger partial charge on any atom is -0.497 e. The first-order valence-corrected chi connectivity index (χ1v) is 10.5. The maximum atomic E-state index is 12.4. The van der Waals surface area contributed by atoms with Crippen LogP contribution >= 0.6 is 0 Å². The summed E-state index contributed by atoms with van der Waals surface area (Å²) in [6.07, 6.45) is -0.535. The zero-order valence-corrected chi connectivity index (χ0v) is 17.5. The van der Waals surface area contributed by atoms with Crippen molar-refractivity contribution in [2.45, 2.75) is 30.8 Å². The van der Waals surface area contributed by atoms with Crippen LogP contribution in [0.2, 0.25) is 0 Å². The smallest absolute Gasteiger partial charge is 0.315 e. The van der Waals surface area contributed by atoms with E-state index in [0.29, 0.717) is 25.6 Å². The van der Waals surface area contributed by atoms with Crippen LogP contribution in [-0.4, -0.2) is 64.8 Å². The molecule has 4 atom stereocenters. The van der Waals surface area contributed by atoms with E-state index in [1.807, 2.05) is 54.6 Å². The van der Waals surface area contributed by atoms with Gasteiger partial charge in [-0.15, -0.1) is 5.10 Å². The van der Waals surface area contributed by atoms with Crippen molar-refractivity contribution in [2.75, 3.05) is 20.3 Å². The maximum Gasteiger partial charge on any atom is 0.315 e. The van der Waals surface area contributed by atoms with Crippen molar-refractivity contribution in [3.05, 3.63) is 60.2 Å². The van der Waals surface area contributed by atoms with E-state index < -0.39 is 0 Å². The quantitative estimate of drug-likeness (QED) is 0.603. The predicted molar refractivity (Wildman–Crippen MR) is 114 cm³/mol. The van der Waals surface area contributed by atoms with Crippen LogP contribution < -0.4 is 15.4 Å². The Balaban J connectivity index is 1.24. The Hall–Kier alpha value is -3.50. The predicted octanol–water partition coefficient (Wildman–Crippen LogP) is 1.56. The lowest BCUT2D eigenvalue weighted by atomic mass is 10.1. The monoisotopic (exact) mass is 436 g/mol. The van der Waals surface area contributed by atoms with E-state index in [1.54, 1.807) is 11.8 Å². The molecule has 0 bridgehead atoms. The van der Waals surface area contributed by atoms with Gasteiger partial charge in [0, 0.05) is 12.1 Å². The molecule has 0 aliphatic carbocycles. The zero-order chi connectivity index (χ0) is 21.9. The fourth-order valence-electron chi connectivity index (χ4n) is 4.18. The summed E-state index contributed by atoms with van der Waals surface area (Å²) in [5, 5.41) is 18.1. The highest BCUT2D eigenvalue weighted by Gasteiger charge is 2.50. The Bertz CT molecular complexity index is 1080. The minimum atomic E-state index is -0.273. The molecule has 3 heterocycles. The molecule has 2 aromatic carbocycles. The number of hydrogen-bond donors (Lipinski definition) is 2. The normalized spacial score (nSPS) is 24.2. The SMILES string of the molecule is COc1cccc(-c2nnnn2[C@H]2CO[C@H]3[C@@H]2OC[C@@H]3NC(=O)NCc2ccccc2)c1. The second kappa shape index (κ2) is 8.93. The van der Waals surface area contributed by atoms with E-state index in [0.717, 1.165) is 16.9 Å². The van der Waals surface area contributed by atoms with Gasteiger partial charge in [0.2, 0.25) is 0 Å². The second-order valence-electron chi connectivity index (χ2n) is 7.76. The summed E-state index contributed by atoms with van der Waals surface area (Å²) in [6.45, 7) is 1.20. The van der Waals surface area contributed by atoms with Gasteiger partial charge in [0.1, 0.15) is 24.0 Å². The number of nitrogens with zero attached hydrogens (tertiary/aromatic N) is 4. The zero-order valence-electron chi connectivity index (χ0n) is 17.5. The van der Waals surface area contributed by atoms with Crippen LogP contribution in [0.4, 0.5) is 4.79 Å². The third-order valence-electron chi connectivity index (χ3n) is 5.77. The number of tetrazole rings is 1. The summed E-state index contributed by atoms with van der Waals surface area (Å²) in [5.41, 5.74) is 1.87. The number of methoxy groups -OCH3 is 1. The Morgan fingerprint density at radius 2 is 1.97 bits per heavy atom. The van der Waals surface area contributed by atoms with Crippen molar-refractivity contribution in [1.82, 2.24) is 30.8 Å². The molecule has 2 N–H and O–H groups in total. The van der Waals surface area contributed by atoms with E-state index >= 15 is 0 Å². The molecular weight excluding hydrogens is 412 g/mol. The lowest BCUT2D eigenvalue weighted by molar-refractivity contribution is 0.0624. The number of urea groups is 1. The first-order valence-electron chi connectivity index (χ1n) is 10.5. The highest BCUT2D eigenvalue weighted by atomic mass is 16.6. The first kappa shape index (κ1) is 20.4. The molecule has 32 heavy (non-hydrogen) atoms. The van der Waals surface area contributed by atoms with Crippen molar-refractivity contribution in [1.29, 1.82) is 0 Å². The van der Waals surface area contributed by atoms with Gasteiger partial charge in [0.25, 0.3) is 0 Å². The van der Waals surface area contributed by atoms with E-state index in [-0.39, 0.29) is 30.3 Å². The Labute approximate surface area is 184 Å². The molecule has 166 valence electrons. The molecule has 2 amide bonds. The van der Waals surface area contributed by atoms with Gasteiger partial charge >= 0.3 is 6.03 Å². The number of benzene rings is 2. The summed E-state index contributed by atoms with van der Waals surface area (Å²) in [5.74, 6) is 1.33. The Morgan fingerprint density at radius 1 is 1.12 bits per heavy atom. The third-order valence-corrected chi connectivity index (χ3v) is 5.77. The fourth-order valence-corrected chi connectivity index (χ4v) is 4.18. The van der Waals surface area contributed by atoms with Crippen molar-refractivity contribution >= 4 is 6.03 Å². The molecule has 10 heteroatoms. The highest BCUT2D eigenvalue weighted by Crippen LogP contribution is 2.36. The van der Waals surface area contributed by atoms with Gasteiger partial charge in [0.15, 0.2) is 5.82 Å². The molecule has 3 aromatic rings. The van der Waals surface area contributed by atoms with Crippen LogP contribution in [0.25, 0.3) is 11.4 Å². The average Bonchev–Trinajstić information content (AvgIpc) is 3.56. The van der Waals surface area contributed by atoms with Crippen LogP contribution in [0.5, 0.6) is 5.75 Å². The number of hydrogen-bond acceptors (Lipinski definition) is 7. The third kappa shape index (κ3) is 4.02. The highest BCUT2D eigenvalue weighted by molar-refractivity contribution is 5.74. The summed E-state index contributed by atoms with van der Waals surface area (Å²) in [7, 11) is 1.62. The summed E-state index contributed by atoms with van der Waals surface area (Å²) < 4.78 is 19.1. The van der Waals surface area contributed by atoms with E-state index in [9.17, 15) is 4.79 Å². The number of carbonyl (C=O) groups excluding carboxylic acids is 1. The molecule has 0 saturated carbocycles. The number of amides is 2. The molecule has 0 spiro atoms. The molecule has 1 aromatic heterocycles. The van der Waals surface area contributed by atoms with Gasteiger partial charge in [-0.1, -0.05) is 42.5 Å². The summed E-state index contributed by atoms with van der Waals surface area (Å²) in [6, 6.07) is 16.6. The van der Waals surface area contributed by atoms with Crippen molar-refractivity contribution in [3.8, 4) is 17.1 Å². The molecule has 0 radical (unpaired) electrons. The minimum absolute atomic E-state index is 0.199.